The van der Waals surface area contributed by atoms with Gasteiger partial charge in [-0.15, -0.1) is 0 Å². The average Bonchev–Trinajstić information content (AvgIpc) is 3.28. The van der Waals surface area contributed by atoms with Crippen LogP contribution in [-0.2, 0) is 4.79 Å². The molecule has 0 unspecified atom stereocenters. The zero-order valence-corrected chi connectivity index (χ0v) is 18.5. The largest absolute Gasteiger partial charge is 0.451 e. The van der Waals surface area contributed by atoms with E-state index in [1.165, 1.54) is 6.42 Å². The van der Waals surface area contributed by atoms with E-state index in [-0.39, 0.29) is 29.0 Å². The van der Waals surface area contributed by atoms with Gasteiger partial charge in [0.2, 0.25) is 5.91 Å². The van der Waals surface area contributed by atoms with E-state index in [2.05, 4.69) is 16.7 Å². The highest BCUT2D eigenvalue weighted by atomic mass is 16.4. The summed E-state index contributed by atoms with van der Waals surface area (Å²) in [6.45, 7) is 6.00. The molecule has 6 heteroatoms. The number of hydrogen-bond acceptors (Lipinski definition) is 4. The monoisotopic (exact) mass is 421 g/mol. The molecular formula is C25H31N3O3. The number of benzene rings is 1. The Kier molecular flexibility index (Phi) is 7.17. The van der Waals surface area contributed by atoms with Crippen LogP contribution in [0, 0.1) is 17.2 Å². The first-order chi connectivity index (χ1) is 14.8. The predicted molar refractivity (Wildman–Crippen MR) is 119 cm³/mol. The van der Waals surface area contributed by atoms with Crippen molar-refractivity contribution in [3.63, 3.8) is 0 Å². The Morgan fingerprint density at radius 1 is 1.13 bits per heavy atom. The molecule has 3 rings (SSSR count). The van der Waals surface area contributed by atoms with E-state index in [9.17, 15) is 9.59 Å². The smallest absolute Gasteiger partial charge is 0.287 e. The summed E-state index contributed by atoms with van der Waals surface area (Å²) >= 11 is 0. The normalized spacial score (nSPS) is 15.7. The summed E-state index contributed by atoms with van der Waals surface area (Å²) < 4.78 is 5.77. The van der Waals surface area contributed by atoms with Crippen LogP contribution < -0.4 is 10.6 Å². The highest BCUT2D eigenvalue weighted by molar-refractivity contribution is 5.96. The Hall–Kier alpha value is -3.07. The van der Waals surface area contributed by atoms with Gasteiger partial charge in [0.15, 0.2) is 5.76 Å². The van der Waals surface area contributed by atoms with Crippen LogP contribution in [0.15, 0.2) is 40.8 Å². The molecule has 1 aliphatic carbocycles. The highest BCUT2D eigenvalue weighted by Crippen LogP contribution is 2.28. The minimum atomic E-state index is -0.581. The summed E-state index contributed by atoms with van der Waals surface area (Å²) in [6.07, 6.45) is 5.98. The fourth-order valence-electron chi connectivity index (χ4n) is 3.90. The lowest BCUT2D eigenvalue weighted by molar-refractivity contribution is -0.126. The van der Waals surface area contributed by atoms with Crippen molar-refractivity contribution in [2.75, 3.05) is 0 Å². The molecule has 2 N–H and O–H groups in total. The number of carbonyl (C=O) groups excluding carboxylic acids is 2. The number of rotatable bonds is 7. The van der Waals surface area contributed by atoms with Crippen molar-refractivity contribution in [2.24, 2.45) is 5.92 Å². The molecule has 164 valence electrons. The second-order valence-corrected chi connectivity index (χ2v) is 8.93. The summed E-state index contributed by atoms with van der Waals surface area (Å²) in [4.78, 5) is 26.0. The lowest BCUT2D eigenvalue weighted by atomic mass is 9.83. The minimum Gasteiger partial charge on any atom is -0.451 e. The van der Waals surface area contributed by atoms with Gasteiger partial charge in [0, 0.05) is 11.1 Å². The predicted octanol–water partition coefficient (Wildman–Crippen LogP) is 4.80. The molecule has 1 fully saturated rings. The number of nitrogens with zero attached hydrogens (tertiary/aromatic N) is 1. The molecule has 31 heavy (non-hydrogen) atoms. The molecule has 1 heterocycles. The van der Waals surface area contributed by atoms with Gasteiger partial charge in [-0.25, -0.2) is 0 Å². The Bertz CT molecular complexity index is 947. The van der Waals surface area contributed by atoms with Gasteiger partial charge in [0.1, 0.15) is 11.8 Å². The van der Waals surface area contributed by atoms with E-state index in [0.717, 1.165) is 37.7 Å². The molecule has 2 amide bonds. The SMILES string of the molecule is CCC(C)(C)NC(=O)[C@@H](NC(=O)c1ccc(-c2ccc(C#N)cc2)o1)C1CCCCC1. The Labute approximate surface area is 184 Å². The van der Waals surface area contributed by atoms with Gasteiger partial charge in [-0.2, -0.15) is 5.26 Å². The molecule has 0 saturated heterocycles. The van der Waals surface area contributed by atoms with E-state index < -0.39 is 6.04 Å². The van der Waals surface area contributed by atoms with Crippen molar-refractivity contribution >= 4 is 11.8 Å². The van der Waals surface area contributed by atoms with E-state index in [1.54, 1.807) is 36.4 Å². The van der Waals surface area contributed by atoms with Crippen LogP contribution in [-0.4, -0.2) is 23.4 Å². The maximum absolute atomic E-state index is 13.1. The maximum atomic E-state index is 13.1. The van der Waals surface area contributed by atoms with E-state index in [4.69, 9.17) is 9.68 Å². The van der Waals surface area contributed by atoms with Gasteiger partial charge in [0.25, 0.3) is 5.91 Å². The third-order valence-electron chi connectivity index (χ3n) is 6.16. The molecular weight excluding hydrogens is 390 g/mol. The van der Waals surface area contributed by atoms with Crippen molar-refractivity contribution in [3.8, 4) is 17.4 Å². The molecule has 0 spiro atoms. The second kappa shape index (κ2) is 9.82. The van der Waals surface area contributed by atoms with Crippen molar-refractivity contribution in [2.45, 2.75) is 70.9 Å². The fraction of sp³-hybridized carbons (Fsp3) is 0.480. The molecule has 0 bridgehead atoms. The standard InChI is InChI=1S/C25H31N3O3/c1-4-25(2,3)28-24(30)22(19-8-6-5-7-9-19)27-23(29)21-15-14-20(31-21)18-12-10-17(16-26)11-13-18/h10-15,19,22H,4-9H2,1-3H3,(H,27,29)(H,28,30)/t22-/m0/s1. The van der Waals surface area contributed by atoms with Crippen LogP contribution in [0.3, 0.4) is 0 Å². The van der Waals surface area contributed by atoms with Crippen molar-refractivity contribution in [1.82, 2.24) is 10.6 Å². The van der Waals surface area contributed by atoms with Gasteiger partial charge < -0.3 is 15.1 Å². The molecule has 1 aromatic heterocycles. The zero-order valence-electron chi connectivity index (χ0n) is 18.5. The lowest BCUT2D eigenvalue weighted by Crippen LogP contribution is -2.56. The van der Waals surface area contributed by atoms with E-state index in [1.807, 2.05) is 20.8 Å². The second-order valence-electron chi connectivity index (χ2n) is 8.93. The molecule has 6 nitrogen and oxygen atoms in total. The summed E-state index contributed by atoms with van der Waals surface area (Å²) in [6, 6.07) is 11.8. The fourth-order valence-corrected chi connectivity index (χ4v) is 3.90. The summed E-state index contributed by atoms with van der Waals surface area (Å²) in [5.74, 6) is 0.312. The topological polar surface area (TPSA) is 95.1 Å². The van der Waals surface area contributed by atoms with Gasteiger partial charge in [-0.05, 0) is 75.4 Å². The first kappa shape index (κ1) is 22.6. The summed E-state index contributed by atoms with van der Waals surface area (Å²) in [5, 5.41) is 15.0. The van der Waals surface area contributed by atoms with Gasteiger partial charge in [0.05, 0.1) is 11.6 Å². The van der Waals surface area contributed by atoms with Crippen LogP contribution in [0.5, 0.6) is 0 Å². The molecule has 1 atom stereocenters. The Morgan fingerprint density at radius 3 is 2.42 bits per heavy atom. The summed E-state index contributed by atoms with van der Waals surface area (Å²) in [7, 11) is 0. The van der Waals surface area contributed by atoms with Crippen LogP contribution in [0.25, 0.3) is 11.3 Å². The van der Waals surface area contributed by atoms with Gasteiger partial charge in [-0.1, -0.05) is 26.2 Å². The average molecular weight is 422 g/mol. The number of nitrogens with one attached hydrogen (secondary N) is 2. The molecule has 0 radical (unpaired) electrons. The van der Waals surface area contributed by atoms with E-state index in [0.29, 0.717) is 11.3 Å². The number of hydrogen-bond donors (Lipinski definition) is 2. The van der Waals surface area contributed by atoms with Crippen LogP contribution in [0.4, 0.5) is 0 Å². The minimum absolute atomic E-state index is 0.123. The number of nitriles is 1. The van der Waals surface area contributed by atoms with Gasteiger partial charge >= 0.3 is 0 Å². The first-order valence-corrected chi connectivity index (χ1v) is 11.1. The maximum Gasteiger partial charge on any atom is 0.287 e. The Balaban J connectivity index is 1.75. The van der Waals surface area contributed by atoms with Crippen molar-refractivity contribution in [1.29, 1.82) is 5.26 Å². The molecule has 1 saturated carbocycles. The molecule has 1 aliphatic rings. The third-order valence-corrected chi connectivity index (χ3v) is 6.16. The van der Waals surface area contributed by atoms with Crippen molar-refractivity contribution in [3.05, 3.63) is 47.7 Å². The Morgan fingerprint density at radius 2 is 1.81 bits per heavy atom. The van der Waals surface area contributed by atoms with Gasteiger partial charge in [-0.3, -0.25) is 9.59 Å². The zero-order chi connectivity index (χ0) is 22.4. The van der Waals surface area contributed by atoms with E-state index >= 15 is 0 Å². The van der Waals surface area contributed by atoms with Crippen LogP contribution in [0.2, 0.25) is 0 Å². The third kappa shape index (κ3) is 5.75. The highest BCUT2D eigenvalue weighted by Gasteiger charge is 2.34. The van der Waals surface area contributed by atoms with Crippen LogP contribution >= 0.6 is 0 Å². The van der Waals surface area contributed by atoms with Crippen molar-refractivity contribution < 1.29 is 14.0 Å². The quantitative estimate of drug-likeness (QED) is 0.671. The molecule has 1 aromatic carbocycles. The lowest BCUT2D eigenvalue weighted by Gasteiger charge is -2.33. The molecule has 2 aromatic rings. The number of carbonyl (C=O) groups is 2. The summed E-state index contributed by atoms with van der Waals surface area (Å²) in [5.41, 5.74) is 1.01. The van der Waals surface area contributed by atoms with Crippen LogP contribution in [0.1, 0.15) is 75.4 Å². The number of furan rings is 1. The first-order valence-electron chi connectivity index (χ1n) is 11.1. The number of amides is 2. The molecule has 0 aliphatic heterocycles.